The van der Waals surface area contributed by atoms with E-state index in [-0.39, 0.29) is 11.8 Å². The van der Waals surface area contributed by atoms with Crippen molar-refractivity contribution in [1.82, 2.24) is 0 Å². The summed E-state index contributed by atoms with van der Waals surface area (Å²) in [5.74, 6) is 0.555. The molecular weight excluding hydrogens is 462 g/mol. The van der Waals surface area contributed by atoms with Crippen LogP contribution < -0.4 is 20.7 Å². The van der Waals surface area contributed by atoms with Gasteiger partial charge in [0.2, 0.25) is 0 Å². The average Bonchev–Trinajstić information content (AvgIpc) is 2.90. The number of rotatable bonds is 10. The topological polar surface area (TPSA) is 79.5 Å². The summed E-state index contributed by atoms with van der Waals surface area (Å²) in [5, 5.41) is 9.09. The van der Waals surface area contributed by atoms with Gasteiger partial charge in [-0.25, -0.2) is 0 Å². The van der Waals surface area contributed by atoms with Crippen molar-refractivity contribution in [3.63, 3.8) is 0 Å². The number of ether oxygens (including phenoxy) is 1. The number of hydrogen-bond donors (Lipinski definition) is 3. The normalized spacial score (nSPS) is 10.6. The van der Waals surface area contributed by atoms with E-state index >= 15 is 0 Å². The maximum Gasteiger partial charge on any atom is 0.257 e. The molecule has 4 aromatic carbocycles. The van der Waals surface area contributed by atoms with Crippen LogP contribution >= 0.6 is 0 Å². The third-order valence-corrected chi connectivity index (χ3v) is 5.69. The second kappa shape index (κ2) is 12.4. The van der Waals surface area contributed by atoms with E-state index in [1.54, 1.807) is 42.5 Å². The van der Waals surface area contributed by atoms with E-state index in [9.17, 15) is 9.59 Å². The van der Waals surface area contributed by atoms with Crippen LogP contribution in [0.1, 0.15) is 41.0 Å². The Balaban J connectivity index is 1.40. The molecule has 0 bridgehead atoms. The molecule has 0 radical (unpaired) electrons. The minimum Gasteiger partial charge on any atom is -0.494 e. The van der Waals surface area contributed by atoms with Crippen LogP contribution in [0.3, 0.4) is 0 Å². The van der Waals surface area contributed by atoms with Crippen molar-refractivity contribution < 1.29 is 14.3 Å². The number of carbonyl (C=O) groups excluding carboxylic acids is 2. The fourth-order valence-corrected chi connectivity index (χ4v) is 3.65. The van der Waals surface area contributed by atoms with Gasteiger partial charge in [-0.15, -0.1) is 0 Å². The molecule has 6 heteroatoms. The molecule has 0 aliphatic rings. The maximum absolute atomic E-state index is 13.1. The summed E-state index contributed by atoms with van der Waals surface area (Å²) >= 11 is 0. The predicted octanol–water partition coefficient (Wildman–Crippen LogP) is 7.36. The summed E-state index contributed by atoms with van der Waals surface area (Å²) in [7, 11) is 0. The number of hydrogen-bond acceptors (Lipinski definition) is 4. The first-order valence-corrected chi connectivity index (χ1v) is 12.3. The Bertz CT molecular complexity index is 1340. The molecule has 3 N–H and O–H groups in total. The van der Waals surface area contributed by atoms with Crippen LogP contribution in [0.2, 0.25) is 0 Å². The Morgan fingerprint density at radius 2 is 1.38 bits per heavy atom. The number of benzene rings is 4. The van der Waals surface area contributed by atoms with Crippen molar-refractivity contribution in [3.8, 4) is 5.75 Å². The first kappa shape index (κ1) is 25.5. The van der Waals surface area contributed by atoms with Crippen molar-refractivity contribution in [1.29, 1.82) is 0 Å². The zero-order valence-electron chi connectivity index (χ0n) is 21.0. The second-order valence-corrected chi connectivity index (χ2v) is 9.08. The van der Waals surface area contributed by atoms with Crippen molar-refractivity contribution in [3.05, 3.63) is 114 Å². The van der Waals surface area contributed by atoms with E-state index in [1.165, 1.54) is 0 Å². The number of carbonyl (C=O) groups is 2. The van der Waals surface area contributed by atoms with E-state index in [0.29, 0.717) is 40.8 Å². The molecule has 0 aliphatic heterocycles. The molecule has 37 heavy (non-hydrogen) atoms. The molecule has 0 saturated carbocycles. The Labute approximate surface area is 217 Å². The highest BCUT2D eigenvalue weighted by atomic mass is 16.5. The monoisotopic (exact) mass is 493 g/mol. The molecule has 4 rings (SSSR count). The first-order chi connectivity index (χ1) is 18.0. The smallest absolute Gasteiger partial charge is 0.257 e. The Hall–Kier alpha value is -4.58. The molecule has 0 aromatic heterocycles. The third kappa shape index (κ3) is 7.45. The molecule has 0 unspecified atom stereocenters. The molecule has 0 heterocycles. The van der Waals surface area contributed by atoms with Gasteiger partial charge >= 0.3 is 0 Å². The minimum absolute atomic E-state index is 0.314. The molecule has 188 valence electrons. The van der Waals surface area contributed by atoms with Gasteiger partial charge in [0.25, 0.3) is 11.8 Å². The summed E-state index contributed by atoms with van der Waals surface area (Å²) in [6.07, 6.45) is 0.936. The zero-order valence-corrected chi connectivity index (χ0v) is 21.0. The van der Waals surface area contributed by atoms with E-state index in [2.05, 4.69) is 29.8 Å². The first-order valence-electron chi connectivity index (χ1n) is 12.3. The SMILES string of the molecule is CC(C)CCOc1cccc(C(=O)Nc2ccccc2C(=O)Nc2ccc(Nc3ccccc3)cc2)c1. The Kier molecular flexibility index (Phi) is 8.55. The number of anilines is 4. The molecule has 0 saturated heterocycles. The van der Waals surface area contributed by atoms with Crippen LogP contribution in [0, 0.1) is 5.92 Å². The minimum atomic E-state index is -0.314. The van der Waals surface area contributed by atoms with Gasteiger partial charge in [-0.2, -0.15) is 0 Å². The van der Waals surface area contributed by atoms with Gasteiger partial charge < -0.3 is 20.7 Å². The average molecular weight is 494 g/mol. The van der Waals surface area contributed by atoms with Crippen molar-refractivity contribution in [2.24, 2.45) is 5.92 Å². The molecule has 0 fully saturated rings. The summed E-state index contributed by atoms with van der Waals surface area (Å²) in [6, 6.07) is 31.3. The van der Waals surface area contributed by atoms with Crippen molar-refractivity contribution in [2.45, 2.75) is 20.3 Å². The largest absolute Gasteiger partial charge is 0.494 e. The molecule has 2 amide bonds. The van der Waals surface area contributed by atoms with Crippen LogP contribution in [-0.2, 0) is 0 Å². The predicted molar refractivity (Wildman–Crippen MR) is 150 cm³/mol. The van der Waals surface area contributed by atoms with E-state index in [1.807, 2.05) is 60.7 Å². The lowest BCUT2D eigenvalue weighted by molar-refractivity contribution is 0.102. The number of nitrogens with one attached hydrogen (secondary N) is 3. The van der Waals surface area contributed by atoms with Gasteiger partial charge in [0.15, 0.2) is 0 Å². The molecule has 4 aromatic rings. The van der Waals surface area contributed by atoms with Crippen LogP contribution in [0.25, 0.3) is 0 Å². The second-order valence-electron chi connectivity index (χ2n) is 9.08. The number of para-hydroxylation sites is 2. The van der Waals surface area contributed by atoms with Crippen LogP contribution in [0.5, 0.6) is 5.75 Å². The van der Waals surface area contributed by atoms with Crippen LogP contribution in [-0.4, -0.2) is 18.4 Å². The summed E-state index contributed by atoms with van der Waals surface area (Å²) in [4.78, 5) is 26.0. The van der Waals surface area contributed by atoms with Crippen LogP contribution in [0.15, 0.2) is 103 Å². The fraction of sp³-hybridized carbons (Fsp3) is 0.161. The summed E-state index contributed by atoms with van der Waals surface area (Å²) < 4.78 is 5.78. The Morgan fingerprint density at radius 1 is 0.703 bits per heavy atom. The lowest BCUT2D eigenvalue weighted by atomic mass is 10.1. The number of amides is 2. The fourth-order valence-electron chi connectivity index (χ4n) is 3.65. The van der Waals surface area contributed by atoms with E-state index < -0.39 is 0 Å². The van der Waals surface area contributed by atoms with Gasteiger partial charge in [0.05, 0.1) is 17.9 Å². The maximum atomic E-state index is 13.1. The van der Waals surface area contributed by atoms with Gasteiger partial charge in [-0.05, 0) is 79.1 Å². The quantitative estimate of drug-likeness (QED) is 0.216. The zero-order chi connectivity index (χ0) is 26.0. The lowest BCUT2D eigenvalue weighted by Gasteiger charge is -2.13. The van der Waals surface area contributed by atoms with E-state index in [4.69, 9.17) is 4.74 Å². The molecule has 0 atom stereocenters. The molecule has 0 aliphatic carbocycles. The summed E-state index contributed by atoms with van der Waals surface area (Å²) in [6.45, 7) is 4.87. The van der Waals surface area contributed by atoms with Crippen molar-refractivity contribution in [2.75, 3.05) is 22.6 Å². The summed E-state index contributed by atoms with van der Waals surface area (Å²) in [5.41, 5.74) is 3.80. The van der Waals surface area contributed by atoms with Gasteiger partial charge in [-0.1, -0.05) is 50.2 Å². The highest BCUT2D eigenvalue weighted by molar-refractivity contribution is 6.12. The Morgan fingerprint density at radius 3 is 2.14 bits per heavy atom. The van der Waals surface area contributed by atoms with Crippen molar-refractivity contribution >= 4 is 34.6 Å². The van der Waals surface area contributed by atoms with E-state index in [0.717, 1.165) is 17.8 Å². The molecule has 6 nitrogen and oxygen atoms in total. The highest BCUT2D eigenvalue weighted by Crippen LogP contribution is 2.22. The van der Waals surface area contributed by atoms with Gasteiger partial charge in [0, 0.05) is 22.6 Å². The third-order valence-electron chi connectivity index (χ3n) is 5.69. The van der Waals surface area contributed by atoms with Gasteiger partial charge in [-0.3, -0.25) is 9.59 Å². The molecular formula is C31H31N3O3. The molecule has 0 spiro atoms. The van der Waals surface area contributed by atoms with Gasteiger partial charge in [0.1, 0.15) is 5.75 Å². The lowest BCUT2D eigenvalue weighted by Crippen LogP contribution is -2.18. The standard InChI is InChI=1S/C31H31N3O3/c1-22(2)19-20-37-27-12-8-9-23(21-27)30(35)34-29-14-7-6-13-28(29)31(36)33-26-17-15-25(16-18-26)32-24-10-4-3-5-11-24/h3-18,21-22,32H,19-20H2,1-2H3,(H,33,36)(H,34,35). The highest BCUT2D eigenvalue weighted by Gasteiger charge is 2.15. The van der Waals surface area contributed by atoms with Crippen LogP contribution in [0.4, 0.5) is 22.7 Å².